The molecule has 0 aliphatic heterocycles. The predicted octanol–water partition coefficient (Wildman–Crippen LogP) is 4.63. The SMILES string of the molecule is CSc1nnc(CCCNC(=O)c2ccc3ccccc3c2)n1C1CCCC1. The van der Waals surface area contributed by atoms with Crippen molar-refractivity contribution in [2.24, 2.45) is 0 Å². The molecule has 0 spiro atoms. The summed E-state index contributed by atoms with van der Waals surface area (Å²) < 4.78 is 2.34. The van der Waals surface area contributed by atoms with E-state index in [9.17, 15) is 4.79 Å². The third-order valence-electron chi connectivity index (χ3n) is 5.48. The normalized spacial score (nSPS) is 14.6. The van der Waals surface area contributed by atoms with Crippen molar-refractivity contribution in [2.45, 2.75) is 49.7 Å². The monoisotopic (exact) mass is 394 g/mol. The van der Waals surface area contributed by atoms with Gasteiger partial charge < -0.3 is 9.88 Å². The Morgan fingerprint density at radius 2 is 1.93 bits per heavy atom. The second-order valence-corrected chi connectivity index (χ2v) is 8.11. The van der Waals surface area contributed by atoms with Crippen molar-refractivity contribution < 1.29 is 4.79 Å². The Morgan fingerprint density at radius 1 is 1.14 bits per heavy atom. The number of carbonyl (C=O) groups is 1. The lowest BCUT2D eigenvalue weighted by Gasteiger charge is -2.16. The van der Waals surface area contributed by atoms with Crippen LogP contribution in [0.15, 0.2) is 47.6 Å². The lowest BCUT2D eigenvalue weighted by atomic mass is 10.1. The topological polar surface area (TPSA) is 59.8 Å². The molecule has 4 rings (SSSR count). The van der Waals surface area contributed by atoms with Gasteiger partial charge in [0.05, 0.1) is 0 Å². The smallest absolute Gasteiger partial charge is 0.251 e. The average Bonchev–Trinajstić information content (AvgIpc) is 3.39. The molecule has 0 unspecified atom stereocenters. The van der Waals surface area contributed by atoms with Crippen molar-refractivity contribution in [2.75, 3.05) is 12.8 Å². The van der Waals surface area contributed by atoms with Crippen molar-refractivity contribution >= 4 is 28.4 Å². The van der Waals surface area contributed by atoms with E-state index in [0.717, 1.165) is 34.6 Å². The van der Waals surface area contributed by atoms with Crippen LogP contribution in [0.4, 0.5) is 0 Å². The van der Waals surface area contributed by atoms with Crippen LogP contribution in [0.5, 0.6) is 0 Å². The fourth-order valence-corrected chi connectivity index (χ4v) is 4.60. The molecule has 6 heteroatoms. The van der Waals surface area contributed by atoms with E-state index in [4.69, 9.17) is 0 Å². The van der Waals surface area contributed by atoms with Gasteiger partial charge in [0.15, 0.2) is 5.16 Å². The summed E-state index contributed by atoms with van der Waals surface area (Å²) in [6.45, 7) is 0.637. The summed E-state index contributed by atoms with van der Waals surface area (Å²) in [5.74, 6) is 1.03. The Hall–Kier alpha value is -2.34. The molecule has 3 aromatic rings. The van der Waals surface area contributed by atoms with Gasteiger partial charge in [-0.3, -0.25) is 4.79 Å². The van der Waals surface area contributed by atoms with Crippen LogP contribution in [0.1, 0.15) is 54.3 Å². The van der Waals surface area contributed by atoms with Crippen LogP contribution in [0.25, 0.3) is 10.8 Å². The maximum atomic E-state index is 12.5. The molecule has 1 amide bonds. The molecule has 0 bridgehead atoms. The minimum Gasteiger partial charge on any atom is -0.352 e. The predicted molar refractivity (Wildman–Crippen MR) is 114 cm³/mol. The fraction of sp³-hybridized carbons (Fsp3) is 0.409. The van der Waals surface area contributed by atoms with Gasteiger partial charge in [0.2, 0.25) is 0 Å². The highest BCUT2D eigenvalue weighted by Crippen LogP contribution is 2.33. The van der Waals surface area contributed by atoms with E-state index >= 15 is 0 Å². The maximum Gasteiger partial charge on any atom is 0.251 e. The van der Waals surface area contributed by atoms with Gasteiger partial charge in [0.25, 0.3) is 5.91 Å². The van der Waals surface area contributed by atoms with Crippen LogP contribution in [0, 0.1) is 0 Å². The van der Waals surface area contributed by atoms with E-state index in [1.54, 1.807) is 11.8 Å². The number of aryl methyl sites for hydroxylation is 1. The Kier molecular flexibility index (Phi) is 5.95. The van der Waals surface area contributed by atoms with Gasteiger partial charge in [-0.2, -0.15) is 0 Å². The third kappa shape index (κ3) is 4.07. The van der Waals surface area contributed by atoms with Crippen molar-refractivity contribution in [1.29, 1.82) is 0 Å². The van der Waals surface area contributed by atoms with Crippen molar-refractivity contribution in [1.82, 2.24) is 20.1 Å². The molecule has 1 N–H and O–H groups in total. The number of fused-ring (bicyclic) bond motifs is 1. The molecular formula is C22H26N4OS. The standard InChI is InChI=1S/C22H26N4OS/c1-28-22-25-24-20(26(22)19-9-4-5-10-19)11-6-14-23-21(27)18-13-12-16-7-2-3-8-17(16)15-18/h2-3,7-8,12-13,15,19H,4-6,9-11,14H2,1H3,(H,23,27). The number of hydrogen-bond donors (Lipinski definition) is 1. The van der Waals surface area contributed by atoms with Crippen LogP contribution in [0.3, 0.4) is 0 Å². The Morgan fingerprint density at radius 3 is 2.71 bits per heavy atom. The fourth-order valence-electron chi connectivity index (χ4n) is 4.03. The molecule has 28 heavy (non-hydrogen) atoms. The molecule has 1 aromatic heterocycles. The summed E-state index contributed by atoms with van der Waals surface area (Å²) in [4.78, 5) is 12.5. The minimum atomic E-state index is -0.0205. The average molecular weight is 395 g/mol. The number of nitrogens with zero attached hydrogens (tertiary/aromatic N) is 3. The zero-order valence-electron chi connectivity index (χ0n) is 16.2. The Bertz CT molecular complexity index is 962. The van der Waals surface area contributed by atoms with Gasteiger partial charge in [0, 0.05) is 24.6 Å². The van der Waals surface area contributed by atoms with Crippen LogP contribution < -0.4 is 5.32 Å². The molecule has 5 nitrogen and oxygen atoms in total. The number of amides is 1. The minimum absolute atomic E-state index is 0.0205. The number of aromatic nitrogens is 3. The number of benzene rings is 2. The highest BCUT2D eigenvalue weighted by atomic mass is 32.2. The van der Waals surface area contributed by atoms with Crippen LogP contribution >= 0.6 is 11.8 Å². The zero-order valence-corrected chi connectivity index (χ0v) is 17.0. The lowest BCUT2D eigenvalue weighted by Crippen LogP contribution is -2.25. The number of rotatable bonds is 7. The molecule has 1 saturated carbocycles. The van der Waals surface area contributed by atoms with Crippen LogP contribution in [-0.4, -0.2) is 33.5 Å². The molecule has 1 aliphatic rings. The van der Waals surface area contributed by atoms with Gasteiger partial charge in [0.1, 0.15) is 5.82 Å². The summed E-state index contributed by atoms with van der Waals surface area (Å²) in [6.07, 6.45) is 8.77. The van der Waals surface area contributed by atoms with Gasteiger partial charge in [-0.25, -0.2) is 0 Å². The first-order valence-electron chi connectivity index (χ1n) is 10.0. The van der Waals surface area contributed by atoms with Gasteiger partial charge in [-0.05, 0) is 48.4 Å². The number of thioether (sulfide) groups is 1. The van der Waals surface area contributed by atoms with Gasteiger partial charge in [-0.15, -0.1) is 10.2 Å². The third-order valence-corrected chi connectivity index (χ3v) is 6.13. The van der Waals surface area contributed by atoms with Gasteiger partial charge in [-0.1, -0.05) is 54.9 Å². The second kappa shape index (κ2) is 8.78. The van der Waals surface area contributed by atoms with E-state index in [1.807, 2.05) is 36.4 Å². The Labute approximate surface area is 169 Å². The molecule has 0 radical (unpaired) electrons. The van der Waals surface area contributed by atoms with Crippen molar-refractivity contribution in [3.05, 3.63) is 53.9 Å². The number of carbonyl (C=O) groups excluding carboxylic acids is 1. The molecule has 0 saturated heterocycles. The molecule has 1 heterocycles. The maximum absolute atomic E-state index is 12.5. The quantitative estimate of drug-likeness (QED) is 0.469. The van der Waals surface area contributed by atoms with Crippen molar-refractivity contribution in [3.63, 3.8) is 0 Å². The second-order valence-electron chi connectivity index (χ2n) is 7.33. The first kappa shape index (κ1) is 19.0. The number of hydrogen-bond acceptors (Lipinski definition) is 4. The van der Waals surface area contributed by atoms with E-state index in [1.165, 1.54) is 25.7 Å². The molecule has 1 fully saturated rings. The van der Waals surface area contributed by atoms with E-state index in [-0.39, 0.29) is 5.91 Å². The van der Waals surface area contributed by atoms with Crippen LogP contribution in [0.2, 0.25) is 0 Å². The molecule has 146 valence electrons. The van der Waals surface area contributed by atoms with Crippen LogP contribution in [-0.2, 0) is 6.42 Å². The Balaban J connectivity index is 1.34. The van der Waals surface area contributed by atoms with E-state index in [2.05, 4.69) is 32.4 Å². The van der Waals surface area contributed by atoms with E-state index < -0.39 is 0 Å². The molecule has 0 atom stereocenters. The first-order chi connectivity index (χ1) is 13.8. The summed E-state index contributed by atoms with van der Waals surface area (Å²) >= 11 is 1.66. The summed E-state index contributed by atoms with van der Waals surface area (Å²) in [7, 11) is 0. The highest BCUT2D eigenvalue weighted by Gasteiger charge is 2.23. The molecule has 1 aliphatic carbocycles. The first-order valence-corrected chi connectivity index (χ1v) is 11.2. The molecule has 2 aromatic carbocycles. The summed E-state index contributed by atoms with van der Waals surface area (Å²) in [5.41, 5.74) is 0.706. The van der Waals surface area contributed by atoms with E-state index in [0.29, 0.717) is 18.2 Å². The lowest BCUT2D eigenvalue weighted by molar-refractivity contribution is 0.0953. The summed E-state index contributed by atoms with van der Waals surface area (Å²) in [5, 5.41) is 15.1. The summed E-state index contributed by atoms with van der Waals surface area (Å²) in [6, 6.07) is 14.5. The largest absolute Gasteiger partial charge is 0.352 e. The van der Waals surface area contributed by atoms with Gasteiger partial charge >= 0.3 is 0 Å². The highest BCUT2D eigenvalue weighted by molar-refractivity contribution is 7.98. The zero-order chi connectivity index (χ0) is 19.3. The van der Waals surface area contributed by atoms with Crippen molar-refractivity contribution in [3.8, 4) is 0 Å². The molecular weight excluding hydrogens is 368 g/mol. The number of nitrogens with one attached hydrogen (secondary N) is 1.